The molecule has 0 aliphatic carbocycles. The van der Waals surface area contributed by atoms with Crippen LogP contribution in [0.2, 0.25) is 0 Å². The number of hydrogen-bond acceptors (Lipinski definition) is 4. The largest absolute Gasteiger partial charge is 0.379 e. The molecule has 0 aromatic heterocycles. The van der Waals surface area contributed by atoms with Gasteiger partial charge >= 0.3 is 0 Å². The van der Waals surface area contributed by atoms with Crippen LogP contribution >= 0.6 is 24.8 Å². The number of halogens is 2. The third-order valence-corrected chi connectivity index (χ3v) is 5.16. The number of carbonyl (C=O) groups is 1. The molecule has 2 aliphatic rings. The van der Waals surface area contributed by atoms with Gasteiger partial charge < -0.3 is 15.4 Å². The fraction of sp³-hybridized carbons (Fsp3) is 0.632. The molecule has 0 spiro atoms. The van der Waals surface area contributed by atoms with Gasteiger partial charge in [0.05, 0.1) is 19.3 Å². The van der Waals surface area contributed by atoms with Gasteiger partial charge in [-0.3, -0.25) is 9.69 Å². The van der Waals surface area contributed by atoms with Gasteiger partial charge in [-0.25, -0.2) is 0 Å². The van der Waals surface area contributed by atoms with Crippen molar-refractivity contribution in [2.24, 2.45) is 11.7 Å². The van der Waals surface area contributed by atoms with Crippen LogP contribution in [0.4, 0.5) is 0 Å². The van der Waals surface area contributed by atoms with Crippen LogP contribution in [-0.2, 0) is 16.0 Å². The molecule has 2 aliphatic heterocycles. The second kappa shape index (κ2) is 11.8. The number of nitrogens with zero attached hydrogens (tertiary/aromatic N) is 2. The number of benzene rings is 1. The maximum atomic E-state index is 12.6. The highest BCUT2D eigenvalue weighted by molar-refractivity contribution is 5.85. The van der Waals surface area contributed by atoms with E-state index in [0.717, 1.165) is 64.3 Å². The molecule has 1 amide bonds. The first-order chi connectivity index (χ1) is 11.7. The maximum absolute atomic E-state index is 12.6. The highest BCUT2D eigenvalue weighted by atomic mass is 35.5. The minimum absolute atomic E-state index is 0. The van der Waals surface area contributed by atoms with Crippen molar-refractivity contribution >= 4 is 30.7 Å². The second-order valence-electron chi connectivity index (χ2n) is 6.98. The monoisotopic (exact) mass is 403 g/mol. The van der Waals surface area contributed by atoms with Crippen LogP contribution in [0.15, 0.2) is 30.3 Å². The molecular formula is C19H31Cl2N3O2. The molecule has 1 aromatic carbocycles. The first-order valence-corrected chi connectivity index (χ1v) is 9.11. The summed E-state index contributed by atoms with van der Waals surface area (Å²) in [6.07, 6.45) is 2.79. The zero-order valence-corrected chi connectivity index (χ0v) is 16.9. The Balaban J connectivity index is 0.00000169. The van der Waals surface area contributed by atoms with E-state index in [1.165, 1.54) is 0 Å². The number of nitrogens with two attached hydrogens (primary N) is 1. The van der Waals surface area contributed by atoms with Crippen molar-refractivity contribution in [3.05, 3.63) is 35.9 Å². The molecule has 2 saturated heterocycles. The van der Waals surface area contributed by atoms with Crippen LogP contribution in [0, 0.1) is 5.92 Å². The summed E-state index contributed by atoms with van der Waals surface area (Å²) in [4.78, 5) is 17.0. The highest BCUT2D eigenvalue weighted by Crippen LogP contribution is 2.20. The Morgan fingerprint density at radius 1 is 1.08 bits per heavy atom. The zero-order chi connectivity index (χ0) is 16.8. The zero-order valence-electron chi connectivity index (χ0n) is 15.2. The van der Waals surface area contributed by atoms with Gasteiger partial charge in [-0.1, -0.05) is 30.3 Å². The highest BCUT2D eigenvalue weighted by Gasteiger charge is 2.27. The van der Waals surface area contributed by atoms with E-state index in [-0.39, 0.29) is 30.7 Å². The number of hydrogen-bond donors (Lipinski definition) is 1. The lowest BCUT2D eigenvalue weighted by atomic mass is 9.95. The van der Waals surface area contributed by atoms with Crippen molar-refractivity contribution in [3.63, 3.8) is 0 Å². The fourth-order valence-corrected chi connectivity index (χ4v) is 3.67. The normalized spacial score (nSPS) is 20.0. The van der Waals surface area contributed by atoms with Gasteiger partial charge in [0.1, 0.15) is 0 Å². The number of piperidine rings is 1. The topological polar surface area (TPSA) is 58.8 Å². The Bertz CT molecular complexity index is 519. The van der Waals surface area contributed by atoms with Crippen LogP contribution in [-0.4, -0.2) is 67.7 Å². The van der Waals surface area contributed by atoms with E-state index in [0.29, 0.717) is 12.3 Å². The van der Waals surface area contributed by atoms with Crippen LogP contribution < -0.4 is 5.73 Å². The minimum Gasteiger partial charge on any atom is -0.379 e. The van der Waals surface area contributed by atoms with E-state index in [1.807, 2.05) is 35.2 Å². The number of carbonyl (C=O) groups excluding carboxylic acids is 1. The molecule has 7 heteroatoms. The predicted molar refractivity (Wildman–Crippen MR) is 109 cm³/mol. The van der Waals surface area contributed by atoms with Gasteiger partial charge in [-0.15, -0.1) is 24.8 Å². The van der Waals surface area contributed by atoms with Gasteiger partial charge in [0.15, 0.2) is 0 Å². The van der Waals surface area contributed by atoms with Crippen molar-refractivity contribution in [2.45, 2.75) is 25.3 Å². The van der Waals surface area contributed by atoms with E-state index in [1.54, 1.807) is 0 Å². The SMILES string of the molecule is Cl.Cl.NC(Cc1ccccc1)C(=O)N1CCC(CN2CCOCC2)CC1. The van der Waals surface area contributed by atoms with Crippen LogP contribution in [0.5, 0.6) is 0 Å². The van der Waals surface area contributed by atoms with Gasteiger partial charge in [-0.05, 0) is 30.7 Å². The lowest BCUT2D eigenvalue weighted by Crippen LogP contribution is -2.49. The number of ether oxygens (including phenoxy) is 1. The summed E-state index contributed by atoms with van der Waals surface area (Å²) in [6, 6.07) is 9.59. The van der Waals surface area contributed by atoms with E-state index in [2.05, 4.69) is 4.90 Å². The summed E-state index contributed by atoms with van der Waals surface area (Å²) in [7, 11) is 0. The summed E-state index contributed by atoms with van der Waals surface area (Å²) in [5.41, 5.74) is 7.28. The molecule has 5 nitrogen and oxygen atoms in total. The predicted octanol–water partition coefficient (Wildman–Crippen LogP) is 1.97. The molecule has 2 fully saturated rings. The quantitative estimate of drug-likeness (QED) is 0.816. The number of likely N-dealkylation sites (tertiary alicyclic amines) is 1. The Hall–Kier alpha value is -0.850. The summed E-state index contributed by atoms with van der Waals surface area (Å²) in [5, 5.41) is 0. The van der Waals surface area contributed by atoms with Gasteiger partial charge in [0, 0.05) is 32.7 Å². The van der Waals surface area contributed by atoms with Crippen molar-refractivity contribution in [1.29, 1.82) is 0 Å². The van der Waals surface area contributed by atoms with Crippen molar-refractivity contribution in [3.8, 4) is 0 Å². The lowest BCUT2D eigenvalue weighted by Gasteiger charge is -2.36. The molecule has 1 aromatic rings. The minimum atomic E-state index is -0.428. The molecule has 0 bridgehead atoms. The number of rotatable bonds is 5. The molecule has 0 saturated carbocycles. The third-order valence-electron chi connectivity index (χ3n) is 5.16. The molecule has 2 heterocycles. The average Bonchev–Trinajstić information content (AvgIpc) is 2.63. The smallest absolute Gasteiger partial charge is 0.239 e. The summed E-state index contributed by atoms with van der Waals surface area (Å²) >= 11 is 0. The van der Waals surface area contributed by atoms with E-state index in [9.17, 15) is 4.79 Å². The fourth-order valence-electron chi connectivity index (χ4n) is 3.67. The van der Waals surface area contributed by atoms with Gasteiger partial charge in [0.2, 0.25) is 5.91 Å². The molecule has 148 valence electrons. The van der Waals surface area contributed by atoms with Crippen molar-refractivity contribution in [1.82, 2.24) is 9.80 Å². The van der Waals surface area contributed by atoms with Crippen LogP contribution in [0.3, 0.4) is 0 Å². The summed E-state index contributed by atoms with van der Waals surface area (Å²) in [5.74, 6) is 0.793. The summed E-state index contributed by atoms with van der Waals surface area (Å²) < 4.78 is 5.40. The van der Waals surface area contributed by atoms with E-state index in [4.69, 9.17) is 10.5 Å². The lowest BCUT2D eigenvalue weighted by molar-refractivity contribution is -0.134. The van der Waals surface area contributed by atoms with Gasteiger partial charge in [-0.2, -0.15) is 0 Å². The molecular weight excluding hydrogens is 373 g/mol. The Morgan fingerprint density at radius 3 is 2.31 bits per heavy atom. The summed E-state index contributed by atoms with van der Waals surface area (Å²) in [6.45, 7) is 6.62. The first kappa shape index (κ1) is 23.2. The third kappa shape index (κ3) is 6.71. The number of amides is 1. The van der Waals surface area contributed by atoms with Crippen molar-refractivity contribution in [2.75, 3.05) is 45.9 Å². The van der Waals surface area contributed by atoms with Crippen LogP contribution in [0.25, 0.3) is 0 Å². The molecule has 1 unspecified atom stereocenters. The van der Waals surface area contributed by atoms with E-state index >= 15 is 0 Å². The average molecular weight is 404 g/mol. The van der Waals surface area contributed by atoms with Crippen LogP contribution in [0.1, 0.15) is 18.4 Å². The molecule has 26 heavy (non-hydrogen) atoms. The van der Waals surface area contributed by atoms with Gasteiger partial charge in [0.25, 0.3) is 0 Å². The maximum Gasteiger partial charge on any atom is 0.239 e. The molecule has 3 rings (SSSR count). The Morgan fingerprint density at radius 2 is 1.69 bits per heavy atom. The van der Waals surface area contributed by atoms with E-state index < -0.39 is 6.04 Å². The number of morpholine rings is 1. The standard InChI is InChI=1S/C19H29N3O2.2ClH/c20-18(14-16-4-2-1-3-5-16)19(23)22-8-6-17(7-9-22)15-21-10-12-24-13-11-21;;/h1-5,17-18H,6-15,20H2;2*1H. The van der Waals surface area contributed by atoms with Crippen molar-refractivity contribution < 1.29 is 9.53 Å². The molecule has 0 radical (unpaired) electrons. The molecule has 2 N–H and O–H groups in total. The molecule has 1 atom stereocenters. The second-order valence-corrected chi connectivity index (χ2v) is 6.98. The Labute approximate surface area is 169 Å². The first-order valence-electron chi connectivity index (χ1n) is 9.11. The Kier molecular flexibility index (Phi) is 10.5.